The molecule has 0 saturated heterocycles. The predicted octanol–water partition coefficient (Wildman–Crippen LogP) is 2.15. The topological polar surface area (TPSA) is 58.3 Å². The molecule has 70 valence electrons. The molecule has 0 aliphatic rings. The fraction of sp³-hybridized carbons (Fsp3) is 0.571. The Bertz CT molecular complexity index is 265. The minimum Gasteiger partial charge on any atom is -0.281 e. The van der Waals surface area contributed by atoms with Crippen molar-refractivity contribution >= 4 is 10.8 Å². The first-order chi connectivity index (χ1) is 5.41. The molecule has 4 nitrogen and oxygen atoms in total. The second kappa shape index (κ2) is 3.08. The molecule has 12 heavy (non-hydrogen) atoms. The molecular formula is C7H14N2O2S. The lowest BCUT2D eigenvalue weighted by molar-refractivity contribution is 0.476. The summed E-state index contributed by atoms with van der Waals surface area (Å²) in [5.41, 5.74) is 1.01. The van der Waals surface area contributed by atoms with Crippen molar-refractivity contribution in [1.82, 2.24) is 9.19 Å². The van der Waals surface area contributed by atoms with E-state index in [1.54, 1.807) is 12.4 Å². The minimum atomic E-state index is -2.71. The van der Waals surface area contributed by atoms with Crippen LogP contribution in [0.4, 0.5) is 0 Å². The summed E-state index contributed by atoms with van der Waals surface area (Å²) < 4.78 is 19.7. The molecule has 0 unspecified atom stereocenters. The molecule has 0 fully saturated rings. The Balaban J connectivity index is 2.92. The molecule has 1 aromatic heterocycles. The maximum Gasteiger partial charge on any atom is 0.0543 e. The summed E-state index contributed by atoms with van der Waals surface area (Å²) in [7, 11) is -2.71. The summed E-state index contributed by atoms with van der Waals surface area (Å²) in [4.78, 5) is 0. The molecule has 2 N–H and O–H groups in total. The third-order valence-electron chi connectivity index (χ3n) is 1.60. The van der Waals surface area contributed by atoms with Gasteiger partial charge in [-0.25, -0.2) is 0 Å². The number of hydrogen-bond acceptors (Lipinski definition) is 3. The highest BCUT2D eigenvalue weighted by atomic mass is 32.3. The Morgan fingerprint density at radius 1 is 1.50 bits per heavy atom. The van der Waals surface area contributed by atoms with Crippen LogP contribution in [-0.2, 0) is 0 Å². The average molecular weight is 190 g/mol. The number of aromatic nitrogens is 2. The van der Waals surface area contributed by atoms with Gasteiger partial charge in [-0.05, 0) is 11.5 Å². The van der Waals surface area contributed by atoms with E-state index in [0.717, 1.165) is 5.56 Å². The van der Waals surface area contributed by atoms with Gasteiger partial charge in [0.05, 0.1) is 12.4 Å². The van der Waals surface area contributed by atoms with Gasteiger partial charge in [0, 0.05) is 6.26 Å². The zero-order valence-electron chi connectivity index (χ0n) is 7.43. The van der Waals surface area contributed by atoms with Crippen molar-refractivity contribution in [2.24, 2.45) is 0 Å². The molecule has 1 aromatic rings. The molecule has 0 aliphatic heterocycles. The molecular weight excluding hydrogens is 176 g/mol. The third-order valence-corrected chi connectivity index (χ3v) is 2.51. The van der Waals surface area contributed by atoms with E-state index >= 15 is 0 Å². The molecule has 5 heteroatoms. The predicted molar refractivity (Wildman–Crippen MR) is 50.5 cm³/mol. The SMILES string of the molecule is CC(C)c1cnn(S(C)(O)O)c1. The summed E-state index contributed by atoms with van der Waals surface area (Å²) >= 11 is 0. The maximum absolute atomic E-state index is 9.22. The van der Waals surface area contributed by atoms with Gasteiger partial charge in [-0.2, -0.15) is 9.19 Å². The van der Waals surface area contributed by atoms with Crippen molar-refractivity contribution < 1.29 is 9.11 Å². The molecule has 0 spiro atoms. The van der Waals surface area contributed by atoms with Crippen molar-refractivity contribution in [2.45, 2.75) is 19.8 Å². The lowest BCUT2D eigenvalue weighted by atomic mass is 10.1. The van der Waals surface area contributed by atoms with Gasteiger partial charge in [0.15, 0.2) is 0 Å². The van der Waals surface area contributed by atoms with Crippen LogP contribution in [0.1, 0.15) is 25.3 Å². The lowest BCUT2D eigenvalue weighted by Crippen LogP contribution is -2.06. The van der Waals surface area contributed by atoms with Gasteiger partial charge in [0.2, 0.25) is 0 Å². The zero-order valence-corrected chi connectivity index (χ0v) is 8.25. The van der Waals surface area contributed by atoms with E-state index in [1.165, 1.54) is 10.3 Å². The Morgan fingerprint density at radius 3 is 2.33 bits per heavy atom. The molecule has 1 rings (SSSR count). The summed E-state index contributed by atoms with van der Waals surface area (Å²) in [6.45, 7) is 4.06. The third kappa shape index (κ3) is 2.00. The molecule has 0 radical (unpaired) electrons. The van der Waals surface area contributed by atoms with Crippen LogP contribution >= 0.6 is 10.8 Å². The van der Waals surface area contributed by atoms with E-state index in [0.29, 0.717) is 5.92 Å². The summed E-state index contributed by atoms with van der Waals surface area (Å²) in [6, 6.07) is 0. The highest BCUT2D eigenvalue weighted by molar-refractivity contribution is 8.22. The van der Waals surface area contributed by atoms with Crippen molar-refractivity contribution in [1.29, 1.82) is 0 Å². The van der Waals surface area contributed by atoms with Crippen molar-refractivity contribution in [3.8, 4) is 0 Å². The van der Waals surface area contributed by atoms with Crippen LogP contribution in [0.15, 0.2) is 12.4 Å². The summed E-state index contributed by atoms with van der Waals surface area (Å²) in [5.74, 6) is 0.362. The Hall–Kier alpha value is -0.520. The lowest BCUT2D eigenvalue weighted by Gasteiger charge is -2.26. The van der Waals surface area contributed by atoms with Crippen molar-refractivity contribution in [3.63, 3.8) is 0 Å². The highest BCUT2D eigenvalue weighted by Crippen LogP contribution is 2.34. The second-order valence-corrected chi connectivity index (χ2v) is 5.08. The largest absolute Gasteiger partial charge is 0.281 e. The standard InChI is InChI=1S/C7H14N2O2S/c1-6(2)7-4-8-9(5-7)12(3,10)11/h4-6,10-11H,1-3H3. The average Bonchev–Trinajstić information content (AvgIpc) is 2.30. The van der Waals surface area contributed by atoms with E-state index < -0.39 is 10.8 Å². The van der Waals surface area contributed by atoms with Gasteiger partial charge in [-0.15, -0.1) is 10.8 Å². The Labute approximate surface area is 73.7 Å². The summed E-state index contributed by atoms with van der Waals surface area (Å²) in [5, 5.41) is 3.86. The Kier molecular flexibility index (Phi) is 2.46. The monoisotopic (exact) mass is 190 g/mol. The van der Waals surface area contributed by atoms with E-state index in [-0.39, 0.29) is 0 Å². The zero-order chi connectivity index (χ0) is 9.35. The van der Waals surface area contributed by atoms with Gasteiger partial charge in [0.25, 0.3) is 0 Å². The molecule has 0 amide bonds. The molecule has 1 heterocycles. The summed E-state index contributed by atoms with van der Waals surface area (Å²) in [6.07, 6.45) is 4.67. The number of nitrogens with zero attached hydrogens (tertiary/aromatic N) is 2. The van der Waals surface area contributed by atoms with Crippen LogP contribution < -0.4 is 0 Å². The van der Waals surface area contributed by atoms with Crippen molar-refractivity contribution in [3.05, 3.63) is 18.0 Å². The van der Waals surface area contributed by atoms with Crippen LogP contribution in [-0.4, -0.2) is 24.5 Å². The fourth-order valence-electron chi connectivity index (χ4n) is 0.805. The smallest absolute Gasteiger partial charge is 0.0543 e. The van der Waals surface area contributed by atoms with E-state index in [9.17, 15) is 9.11 Å². The van der Waals surface area contributed by atoms with Crippen LogP contribution in [0.25, 0.3) is 0 Å². The molecule has 0 aromatic carbocycles. The maximum atomic E-state index is 9.22. The second-order valence-electron chi connectivity index (χ2n) is 3.12. The van der Waals surface area contributed by atoms with Gasteiger partial charge in [-0.3, -0.25) is 9.11 Å². The molecule has 0 bridgehead atoms. The van der Waals surface area contributed by atoms with E-state index in [1.807, 2.05) is 13.8 Å². The first-order valence-corrected chi connectivity index (χ1v) is 5.61. The van der Waals surface area contributed by atoms with Gasteiger partial charge < -0.3 is 0 Å². The van der Waals surface area contributed by atoms with Crippen LogP contribution in [0, 0.1) is 0 Å². The molecule has 0 atom stereocenters. The van der Waals surface area contributed by atoms with Gasteiger partial charge in [0.1, 0.15) is 0 Å². The van der Waals surface area contributed by atoms with E-state index in [2.05, 4.69) is 5.10 Å². The number of hydrogen-bond donors (Lipinski definition) is 2. The van der Waals surface area contributed by atoms with Crippen LogP contribution in [0.5, 0.6) is 0 Å². The normalized spacial score (nSPS) is 13.8. The van der Waals surface area contributed by atoms with Gasteiger partial charge >= 0.3 is 0 Å². The molecule has 0 saturated carbocycles. The quantitative estimate of drug-likeness (QED) is 0.751. The first kappa shape index (κ1) is 9.57. The Morgan fingerprint density at radius 2 is 2.08 bits per heavy atom. The van der Waals surface area contributed by atoms with Crippen molar-refractivity contribution in [2.75, 3.05) is 6.26 Å². The highest BCUT2D eigenvalue weighted by Gasteiger charge is 2.10. The van der Waals surface area contributed by atoms with Crippen LogP contribution in [0.3, 0.4) is 0 Å². The van der Waals surface area contributed by atoms with Gasteiger partial charge in [-0.1, -0.05) is 13.8 Å². The number of rotatable bonds is 2. The minimum absolute atomic E-state index is 0.362. The molecule has 0 aliphatic carbocycles. The first-order valence-electron chi connectivity index (χ1n) is 3.69. The fourth-order valence-corrected chi connectivity index (χ4v) is 1.35. The van der Waals surface area contributed by atoms with Crippen LogP contribution in [0.2, 0.25) is 0 Å². The van der Waals surface area contributed by atoms with E-state index in [4.69, 9.17) is 0 Å².